The van der Waals surface area contributed by atoms with Crippen LogP contribution in [-0.4, -0.2) is 17.6 Å². The fraction of sp³-hybridized carbons (Fsp3) is 0.353. The van der Waals surface area contributed by atoms with Gasteiger partial charge in [0.1, 0.15) is 0 Å². The molecule has 0 aromatic heterocycles. The molecule has 0 radical (unpaired) electrons. The lowest BCUT2D eigenvalue weighted by Gasteiger charge is -2.16. The number of anilines is 1. The van der Waals surface area contributed by atoms with E-state index in [2.05, 4.69) is 12.2 Å². The van der Waals surface area contributed by atoms with Gasteiger partial charge in [0.05, 0.1) is 5.56 Å². The highest BCUT2D eigenvalue weighted by Gasteiger charge is 2.40. The third-order valence-corrected chi connectivity index (χ3v) is 4.52. The molecule has 1 aliphatic rings. The molecule has 1 fully saturated rings. The number of carboxylic acid groups (broad SMARTS) is 1. The monoisotopic (exact) mass is 269 g/mol. The van der Waals surface area contributed by atoms with E-state index in [4.69, 9.17) is 0 Å². The van der Waals surface area contributed by atoms with Crippen LogP contribution in [-0.2, 0) is 0 Å². The van der Waals surface area contributed by atoms with E-state index in [-0.39, 0.29) is 0 Å². The molecule has 0 spiro atoms. The van der Waals surface area contributed by atoms with Gasteiger partial charge >= 0.3 is 5.97 Å². The summed E-state index contributed by atoms with van der Waals surface area (Å²) in [7, 11) is 0. The number of nitrogens with one attached hydrogen (secondary N) is 1. The Bertz CT molecular complexity index is 659. The molecule has 20 heavy (non-hydrogen) atoms. The van der Waals surface area contributed by atoms with Crippen molar-refractivity contribution in [2.45, 2.75) is 26.2 Å². The first kappa shape index (κ1) is 13.0. The summed E-state index contributed by atoms with van der Waals surface area (Å²) < 4.78 is 0. The van der Waals surface area contributed by atoms with E-state index in [0.717, 1.165) is 23.0 Å². The second-order valence-corrected chi connectivity index (χ2v) is 5.72. The van der Waals surface area contributed by atoms with Crippen LogP contribution in [0.1, 0.15) is 36.5 Å². The maximum absolute atomic E-state index is 11.3. The Morgan fingerprint density at radius 2 is 1.90 bits per heavy atom. The zero-order valence-corrected chi connectivity index (χ0v) is 11.6. The van der Waals surface area contributed by atoms with Crippen molar-refractivity contribution < 1.29 is 9.90 Å². The van der Waals surface area contributed by atoms with Gasteiger partial charge in [0.15, 0.2) is 0 Å². The molecule has 3 heteroatoms. The van der Waals surface area contributed by atoms with Gasteiger partial charge in [-0.15, -0.1) is 0 Å². The average Bonchev–Trinajstić information content (AvgIpc) is 3.25. The van der Waals surface area contributed by atoms with E-state index in [1.165, 1.54) is 19.3 Å². The Hall–Kier alpha value is -2.03. The molecular weight excluding hydrogens is 250 g/mol. The lowest BCUT2D eigenvalue weighted by atomic mass is 10.0. The first-order valence-electron chi connectivity index (χ1n) is 7.14. The molecular formula is C17H19NO2. The Morgan fingerprint density at radius 1 is 1.20 bits per heavy atom. The molecule has 0 aliphatic heterocycles. The van der Waals surface area contributed by atoms with E-state index in [1.54, 1.807) is 6.07 Å². The lowest BCUT2D eigenvalue weighted by Crippen LogP contribution is -2.14. The average molecular weight is 269 g/mol. The van der Waals surface area contributed by atoms with E-state index in [0.29, 0.717) is 11.0 Å². The van der Waals surface area contributed by atoms with Gasteiger partial charge in [-0.2, -0.15) is 0 Å². The Balaban J connectivity index is 1.96. The molecule has 0 bridgehead atoms. The van der Waals surface area contributed by atoms with E-state index < -0.39 is 5.97 Å². The largest absolute Gasteiger partial charge is 0.478 e. The van der Waals surface area contributed by atoms with Crippen LogP contribution in [0.15, 0.2) is 36.4 Å². The highest BCUT2D eigenvalue weighted by atomic mass is 16.4. The summed E-state index contributed by atoms with van der Waals surface area (Å²) in [5.74, 6) is -0.875. The molecule has 3 nitrogen and oxygen atoms in total. The van der Waals surface area contributed by atoms with Crippen molar-refractivity contribution in [3.63, 3.8) is 0 Å². The maximum Gasteiger partial charge on any atom is 0.336 e. The van der Waals surface area contributed by atoms with Crippen molar-refractivity contribution in [1.29, 1.82) is 0 Å². The van der Waals surface area contributed by atoms with Crippen LogP contribution in [0.5, 0.6) is 0 Å². The first-order chi connectivity index (χ1) is 9.65. The number of aromatic carboxylic acids is 1. The van der Waals surface area contributed by atoms with Gasteiger partial charge in [0.25, 0.3) is 0 Å². The minimum Gasteiger partial charge on any atom is -0.478 e. The summed E-state index contributed by atoms with van der Waals surface area (Å²) in [6.45, 7) is 3.21. The topological polar surface area (TPSA) is 49.3 Å². The number of carboxylic acids is 1. The summed E-state index contributed by atoms with van der Waals surface area (Å²) in [6, 6.07) is 11.3. The first-order valence-corrected chi connectivity index (χ1v) is 7.14. The highest BCUT2D eigenvalue weighted by Crippen LogP contribution is 2.48. The third-order valence-electron chi connectivity index (χ3n) is 4.52. The standard InChI is InChI=1S/C17H19NO2/c1-2-17(9-10-17)11-18-15-8-7-14(16(19)20)12-5-3-4-6-13(12)15/h3-8,18H,2,9-11H2,1H3,(H,19,20). The smallest absolute Gasteiger partial charge is 0.336 e. The Labute approximate surface area is 118 Å². The van der Waals surface area contributed by atoms with Crippen LogP contribution in [0.25, 0.3) is 10.8 Å². The number of fused-ring (bicyclic) bond motifs is 1. The molecule has 0 amide bonds. The van der Waals surface area contributed by atoms with Crippen molar-refractivity contribution in [2.24, 2.45) is 5.41 Å². The minimum atomic E-state index is -0.875. The van der Waals surface area contributed by atoms with Crippen molar-refractivity contribution in [3.05, 3.63) is 42.0 Å². The van der Waals surface area contributed by atoms with Gasteiger partial charge in [0.2, 0.25) is 0 Å². The van der Waals surface area contributed by atoms with Crippen molar-refractivity contribution in [3.8, 4) is 0 Å². The molecule has 2 aromatic rings. The van der Waals surface area contributed by atoms with E-state index in [9.17, 15) is 9.90 Å². The van der Waals surface area contributed by atoms with Crippen LogP contribution in [0.2, 0.25) is 0 Å². The SMILES string of the molecule is CCC1(CNc2ccc(C(=O)O)c3ccccc23)CC1. The van der Waals surface area contributed by atoms with Crippen molar-refractivity contribution in [1.82, 2.24) is 0 Å². The number of carbonyl (C=O) groups is 1. The second-order valence-electron chi connectivity index (χ2n) is 5.72. The fourth-order valence-electron chi connectivity index (χ4n) is 2.75. The van der Waals surface area contributed by atoms with Crippen molar-refractivity contribution in [2.75, 3.05) is 11.9 Å². The molecule has 3 rings (SSSR count). The molecule has 0 unspecified atom stereocenters. The van der Waals surface area contributed by atoms with Crippen LogP contribution >= 0.6 is 0 Å². The molecule has 1 saturated carbocycles. The number of hydrogen-bond acceptors (Lipinski definition) is 2. The molecule has 0 heterocycles. The second kappa shape index (κ2) is 4.82. The fourth-order valence-corrected chi connectivity index (χ4v) is 2.75. The predicted octanol–water partition coefficient (Wildman–Crippen LogP) is 4.14. The van der Waals surface area contributed by atoms with E-state index in [1.807, 2.05) is 30.3 Å². The normalized spacial score (nSPS) is 16.1. The molecule has 1 aliphatic carbocycles. The summed E-state index contributed by atoms with van der Waals surface area (Å²) >= 11 is 0. The van der Waals surface area contributed by atoms with Gasteiger partial charge in [-0.1, -0.05) is 31.2 Å². The van der Waals surface area contributed by atoms with Crippen LogP contribution in [0.3, 0.4) is 0 Å². The van der Waals surface area contributed by atoms with Crippen LogP contribution in [0, 0.1) is 5.41 Å². The van der Waals surface area contributed by atoms with Gasteiger partial charge < -0.3 is 10.4 Å². The van der Waals surface area contributed by atoms with Crippen LogP contribution < -0.4 is 5.32 Å². The summed E-state index contributed by atoms with van der Waals surface area (Å²) in [6.07, 6.45) is 3.79. The summed E-state index contributed by atoms with van der Waals surface area (Å²) in [5.41, 5.74) is 1.86. The Morgan fingerprint density at radius 3 is 2.50 bits per heavy atom. The lowest BCUT2D eigenvalue weighted by molar-refractivity contribution is 0.0699. The molecule has 2 aromatic carbocycles. The zero-order valence-electron chi connectivity index (χ0n) is 11.6. The van der Waals surface area contributed by atoms with Crippen molar-refractivity contribution >= 4 is 22.4 Å². The summed E-state index contributed by atoms with van der Waals surface area (Å²) in [5, 5.41) is 14.6. The maximum atomic E-state index is 11.3. The predicted molar refractivity (Wildman–Crippen MR) is 81.4 cm³/mol. The van der Waals surface area contributed by atoms with Gasteiger partial charge in [-0.3, -0.25) is 0 Å². The zero-order chi connectivity index (χ0) is 14.2. The summed E-state index contributed by atoms with van der Waals surface area (Å²) in [4.78, 5) is 11.3. The number of hydrogen-bond donors (Lipinski definition) is 2. The molecule has 0 saturated heterocycles. The van der Waals surface area contributed by atoms with Gasteiger partial charge in [-0.05, 0) is 42.2 Å². The quantitative estimate of drug-likeness (QED) is 0.857. The Kier molecular flexibility index (Phi) is 3.13. The number of benzene rings is 2. The minimum absolute atomic E-state index is 0.364. The molecule has 0 atom stereocenters. The third kappa shape index (κ3) is 2.24. The van der Waals surface area contributed by atoms with E-state index >= 15 is 0 Å². The van der Waals surface area contributed by atoms with Gasteiger partial charge in [-0.25, -0.2) is 4.79 Å². The molecule has 104 valence electrons. The van der Waals surface area contributed by atoms with Crippen LogP contribution in [0.4, 0.5) is 5.69 Å². The molecule has 2 N–H and O–H groups in total. The van der Waals surface area contributed by atoms with Gasteiger partial charge in [0, 0.05) is 17.6 Å². The highest BCUT2D eigenvalue weighted by molar-refractivity contribution is 6.07. The number of rotatable bonds is 5.